The van der Waals surface area contributed by atoms with Gasteiger partial charge in [-0.2, -0.15) is 0 Å². The Morgan fingerprint density at radius 2 is 2.00 bits per heavy atom. The van der Waals surface area contributed by atoms with Crippen LogP contribution in [0.15, 0.2) is 0 Å². The van der Waals surface area contributed by atoms with Crippen LogP contribution in [-0.4, -0.2) is 14.8 Å². The molecule has 0 aliphatic carbocycles. The summed E-state index contributed by atoms with van der Waals surface area (Å²) in [5, 5.41) is 8.27. The zero-order valence-electron chi connectivity index (χ0n) is 10.0. The molecule has 4 nitrogen and oxygen atoms in total. The van der Waals surface area contributed by atoms with Gasteiger partial charge >= 0.3 is 0 Å². The fraction of sp³-hybridized carbons (Fsp3) is 0.818. The van der Waals surface area contributed by atoms with Crippen molar-refractivity contribution in [3.63, 3.8) is 0 Å². The van der Waals surface area contributed by atoms with Crippen LogP contribution in [0.2, 0.25) is 0 Å². The standard InChI is InChI=1S/C11H22N4/c1-4-6-7-10(12)11-14-13-9(3)15(11)8-5-2/h10H,4-8,12H2,1-3H3/t10-/m0/s1. The second-order valence-electron chi connectivity index (χ2n) is 4.01. The van der Waals surface area contributed by atoms with E-state index in [1.807, 2.05) is 6.92 Å². The number of aromatic nitrogens is 3. The van der Waals surface area contributed by atoms with Crippen molar-refractivity contribution in [2.24, 2.45) is 5.73 Å². The molecule has 0 fully saturated rings. The number of aryl methyl sites for hydroxylation is 1. The molecule has 0 amide bonds. The number of rotatable bonds is 6. The van der Waals surface area contributed by atoms with Gasteiger partial charge in [-0.3, -0.25) is 0 Å². The summed E-state index contributed by atoms with van der Waals surface area (Å²) in [6.07, 6.45) is 4.42. The van der Waals surface area contributed by atoms with Crippen molar-refractivity contribution in [3.8, 4) is 0 Å². The highest BCUT2D eigenvalue weighted by Crippen LogP contribution is 2.16. The molecule has 1 atom stereocenters. The van der Waals surface area contributed by atoms with Crippen LogP contribution in [0.1, 0.15) is 57.2 Å². The van der Waals surface area contributed by atoms with Crippen molar-refractivity contribution in [2.45, 2.75) is 59.0 Å². The molecule has 0 unspecified atom stereocenters. The van der Waals surface area contributed by atoms with Gasteiger partial charge in [-0.25, -0.2) is 0 Å². The lowest BCUT2D eigenvalue weighted by molar-refractivity contribution is 0.525. The molecule has 1 rings (SSSR count). The van der Waals surface area contributed by atoms with Gasteiger partial charge in [-0.1, -0.05) is 26.7 Å². The van der Waals surface area contributed by atoms with Crippen LogP contribution in [0.3, 0.4) is 0 Å². The van der Waals surface area contributed by atoms with E-state index in [1.54, 1.807) is 0 Å². The Balaban J connectivity index is 2.74. The van der Waals surface area contributed by atoms with E-state index in [1.165, 1.54) is 6.42 Å². The van der Waals surface area contributed by atoms with E-state index in [2.05, 4.69) is 28.6 Å². The molecule has 1 aromatic heterocycles. The molecular weight excluding hydrogens is 188 g/mol. The average Bonchev–Trinajstić information content (AvgIpc) is 2.58. The van der Waals surface area contributed by atoms with Crippen LogP contribution in [0.4, 0.5) is 0 Å². The summed E-state index contributed by atoms with van der Waals surface area (Å²) in [4.78, 5) is 0. The molecule has 0 aliphatic rings. The fourth-order valence-corrected chi connectivity index (χ4v) is 1.72. The minimum atomic E-state index is 0.0395. The fourth-order valence-electron chi connectivity index (χ4n) is 1.72. The van der Waals surface area contributed by atoms with Gasteiger partial charge in [0.05, 0.1) is 6.04 Å². The van der Waals surface area contributed by atoms with Crippen LogP contribution in [0, 0.1) is 6.92 Å². The molecule has 0 aliphatic heterocycles. The Morgan fingerprint density at radius 3 is 2.60 bits per heavy atom. The number of unbranched alkanes of at least 4 members (excludes halogenated alkanes) is 1. The Kier molecular flexibility index (Phi) is 4.75. The van der Waals surface area contributed by atoms with E-state index in [0.717, 1.165) is 37.5 Å². The average molecular weight is 210 g/mol. The van der Waals surface area contributed by atoms with Crippen molar-refractivity contribution >= 4 is 0 Å². The largest absolute Gasteiger partial charge is 0.321 e. The van der Waals surface area contributed by atoms with Gasteiger partial charge < -0.3 is 10.3 Å². The molecule has 1 aromatic rings. The first-order valence-electron chi connectivity index (χ1n) is 5.86. The van der Waals surface area contributed by atoms with Crippen LogP contribution in [0.5, 0.6) is 0 Å². The molecular formula is C11H22N4. The van der Waals surface area contributed by atoms with E-state index >= 15 is 0 Å². The lowest BCUT2D eigenvalue weighted by Gasteiger charge is -2.12. The lowest BCUT2D eigenvalue weighted by atomic mass is 10.1. The topological polar surface area (TPSA) is 56.7 Å². The van der Waals surface area contributed by atoms with Gasteiger partial charge in [0.2, 0.25) is 0 Å². The molecule has 4 heteroatoms. The van der Waals surface area contributed by atoms with E-state index in [9.17, 15) is 0 Å². The maximum absolute atomic E-state index is 6.10. The number of nitrogens with zero attached hydrogens (tertiary/aromatic N) is 3. The molecule has 0 radical (unpaired) electrons. The first-order chi connectivity index (χ1) is 7.20. The molecule has 0 bridgehead atoms. The van der Waals surface area contributed by atoms with Gasteiger partial charge in [0, 0.05) is 6.54 Å². The Morgan fingerprint density at radius 1 is 1.27 bits per heavy atom. The van der Waals surface area contributed by atoms with E-state index in [0.29, 0.717) is 0 Å². The second kappa shape index (κ2) is 5.85. The maximum Gasteiger partial charge on any atom is 0.149 e. The summed E-state index contributed by atoms with van der Waals surface area (Å²) in [6, 6.07) is 0.0395. The normalized spacial score (nSPS) is 13.1. The summed E-state index contributed by atoms with van der Waals surface area (Å²) >= 11 is 0. The highest BCUT2D eigenvalue weighted by Gasteiger charge is 2.14. The number of hydrogen-bond acceptors (Lipinski definition) is 3. The van der Waals surface area contributed by atoms with Gasteiger partial charge in [-0.05, 0) is 19.8 Å². The maximum atomic E-state index is 6.10. The summed E-state index contributed by atoms with van der Waals surface area (Å²) in [5.74, 6) is 1.92. The quantitative estimate of drug-likeness (QED) is 0.783. The van der Waals surface area contributed by atoms with Crippen LogP contribution in [0.25, 0.3) is 0 Å². The van der Waals surface area contributed by atoms with Gasteiger partial charge in [0.25, 0.3) is 0 Å². The molecule has 2 N–H and O–H groups in total. The van der Waals surface area contributed by atoms with Gasteiger partial charge in [-0.15, -0.1) is 10.2 Å². The molecule has 0 saturated heterocycles. The third-order valence-corrected chi connectivity index (χ3v) is 2.61. The minimum Gasteiger partial charge on any atom is -0.321 e. The summed E-state index contributed by atoms with van der Waals surface area (Å²) < 4.78 is 2.14. The molecule has 15 heavy (non-hydrogen) atoms. The SMILES string of the molecule is CCCC[C@H](N)c1nnc(C)n1CCC. The number of hydrogen-bond donors (Lipinski definition) is 1. The molecule has 86 valence electrons. The first-order valence-corrected chi connectivity index (χ1v) is 5.86. The zero-order chi connectivity index (χ0) is 11.3. The second-order valence-corrected chi connectivity index (χ2v) is 4.01. The molecule has 0 aromatic carbocycles. The Hall–Kier alpha value is -0.900. The summed E-state index contributed by atoms with van der Waals surface area (Å²) in [7, 11) is 0. The third kappa shape index (κ3) is 3.02. The van der Waals surface area contributed by atoms with Crippen molar-refractivity contribution in [1.82, 2.24) is 14.8 Å². The minimum absolute atomic E-state index is 0.0395. The van der Waals surface area contributed by atoms with E-state index < -0.39 is 0 Å². The van der Waals surface area contributed by atoms with E-state index in [4.69, 9.17) is 5.73 Å². The smallest absolute Gasteiger partial charge is 0.149 e. The number of nitrogens with two attached hydrogens (primary N) is 1. The van der Waals surface area contributed by atoms with Crippen molar-refractivity contribution in [2.75, 3.05) is 0 Å². The summed E-state index contributed by atoms with van der Waals surface area (Å²) in [6.45, 7) is 7.28. The highest BCUT2D eigenvalue weighted by molar-refractivity contribution is 4.99. The molecule has 0 spiro atoms. The lowest BCUT2D eigenvalue weighted by Crippen LogP contribution is -2.17. The molecule has 1 heterocycles. The summed E-state index contributed by atoms with van der Waals surface area (Å²) in [5.41, 5.74) is 6.10. The van der Waals surface area contributed by atoms with Crippen LogP contribution >= 0.6 is 0 Å². The van der Waals surface area contributed by atoms with Crippen LogP contribution in [-0.2, 0) is 6.54 Å². The zero-order valence-corrected chi connectivity index (χ0v) is 10.0. The van der Waals surface area contributed by atoms with Crippen molar-refractivity contribution in [1.29, 1.82) is 0 Å². The van der Waals surface area contributed by atoms with Gasteiger partial charge in [0.1, 0.15) is 11.6 Å². The predicted octanol–water partition coefficient (Wildman–Crippen LogP) is 2.19. The Labute approximate surface area is 91.9 Å². The monoisotopic (exact) mass is 210 g/mol. The highest BCUT2D eigenvalue weighted by atomic mass is 15.3. The predicted molar refractivity (Wildman–Crippen MR) is 61.5 cm³/mol. The third-order valence-electron chi connectivity index (χ3n) is 2.61. The van der Waals surface area contributed by atoms with E-state index in [-0.39, 0.29) is 6.04 Å². The first kappa shape index (κ1) is 12.2. The Bertz CT molecular complexity index is 293. The van der Waals surface area contributed by atoms with Crippen molar-refractivity contribution < 1.29 is 0 Å². The molecule has 0 saturated carbocycles. The van der Waals surface area contributed by atoms with Crippen molar-refractivity contribution in [3.05, 3.63) is 11.6 Å². The van der Waals surface area contributed by atoms with Gasteiger partial charge in [0.15, 0.2) is 0 Å². The van der Waals surface area contributed by atoms with Crippen LogP contribution < -0.4 is 5.73 Å².